The summed E-state index contributed by atoms with van der Waals surface area (Å²) in [6, 6.07) is 1.36. The number of nitrogens with one attached hydrogen (secondary N) is 1. The van der Waals surface area contributed by atoms with E-state index in [-0.39, 0.29) is 0 Å². The molecule has 0 aromatic carbocycles. The van der Waals surface area contributed by atoms with Crippen molar-refractivity contribution in [1.29, 1.82) is 0 Å². The van der Waals surface area contributed by atoms with E-state index in [9.17, 15) is 0 Å². The van der Waals surface area contributed by atoms with Crippen LogP contribution in [0, 0.1) is 5.41 Å². The van der Waals surface area contributed by atoms with Crippen molar-refractivity contribution in [3.8, 4) is 0 Å². The van der Waals surface area contributed by atoms with E-state index in [1.165, 1.54) is 44.9 Å². The van der Waals surface area contributed by atoms with Crippen LogP contribution in [0.3, 0.4) is 0 Å². The summed E-state index contributed by atoms with van der Waals surface area (Å²) in [5.41, 5.74) is 0.470. The number of hydrogen-bond donors (Lipinski definition) is 1. The lowest BCUT2D eigenvalue weighted by atomic mass is 9.60. The van der Waals surface area contributed by atoms with Gasteiger partial charge in [0.15, 0.2) is 0 Å². The Morgan fingerprint density at radius 3 is 2.74 bits per heavy atom. The lowest BCUT2D eigenvalue weighted by Crippen LogP contribution is -2.64. The van der Waals surface area contributed by atoms with Crippen molar-refractivity contribution < 1.29 is 9.47 Å². The molecule has 3 nitrogen and oxygen atoms in total. The summed E-state index contributed by atoms with van der Waals surface area (Å²) in [6.07, 6.45) is 10.0. The molecule has 0 aromatic rings. The fraction of sp³-hybridized carbons (Fsp3) is 1.00. The van der Waals surface area contributed by atoms with Crippen LogP contribution in [-0.2, 0) is 9.47 Å². The van der Waals surface area contributed by atoms with Gasteiger partial charge < -0.3 is 14.8 Å². The predicted molar refractivity (Wildman–Crippen MR) is 76.3 cm³/mol. The van der Waals surface area contributed by atoms with Crippen LogP contribution in [-0.4, -0.2) is 37.5 Å². The first kappa shape index (κ1) is 13.8. The van der Waals surface area contributed by atoms with Crippen molar-refractivity contribution in [3.63, 3.8) is 0 Å². The van der Waals surface area contributed by atoms with E-state index in [4.69, 9.17) is 9.47 Å². The Bertz CT molecular complexity index is 301. The topological polar surface area (TPSA) is 30.5 Å². The highest BCUT2D eigenvalue weighted by Crippen LogP contribution is 2.55. The van der Waals surface area contributed by atoms with E-state index in [2.05, 4.69) is 19.2 Å². The minimum absolute atomic E-state index is 0.425. The highest BCUT2D eigenvalue weighted by Gasteiger charge is 2.56. The molecule has 3 fully saturated rings. The van der Waals surface area contributed by atoms with Crippen LogP contribution >= 0.6 is 0 Å². The Morgan fingerprint density at radius 2 is 2.05 bits per heavy atom. The standard InChI is InChI=1S/C16H29NO2/c1-3-18-15-11-14(16(15)7-4-5-8-16)17-13-6-9-19-12(2)10-13/h12-15,17H,3-11H2,1-2H3. The Balaban J connectivity index is 1.59. The molecular formula is C16H29NO2. The van der Waals surface area contributed by atoms with E-state index in [1.807, 2.05) is 0 Å². The Kier molecular flexibility index (Phi) is 4.16. The summed E-state index contributed by atoms with van der Waals surface area (Å²) in [4.78, 5) is 0. The largest absolute Gasteiger partial charge is 0.378 e. The molecule has 2 aliphatic carbocycles. The molecule has 3 heteroatoms. The zero-order valence-corrected chi connectivity index (χ0v) is 12.5. The van der Waals surface area contributed by atoms with Crippen LogP contribution in [0.4, 0.5) is 0 Å². The summed E-state index contributed by atoms with van der Waals surface area (Å²) in [5.74, 6) is 0. The van der Waals surface area contributed by atoms with Gasteiger partial charge in [-0.25, -0.2) is 0 Å². The lowest BCUT2D eigenvalue weighted by molar-refractivity contribution is -0.135. The third kappa shape index (κ3) is 2.57. The average Bonchev–Trinajstić information content (AvgIpc) is 2.90. The van der Waals surface area contributed by atoms with Crippen molar-refractivity contribution in [2.24, 2.45) is 5.41 Å². The van der Waals surface area contributed by atoms with Crippen LogP contribution in [0.5, 0.6) is 0 Å². The summed E-state index contributed by atoms with van der Waals surface area (Å²) >= 11 is 0. The molecule has 1 spiro atoms. The second-order valence-corrected chi connectivity index (χ2v) is 6.74. The SMILES string of the molecule is CCOC1CC(NC2CCOC(C)C2)C12CCCC2. The van der Waals surface area contributed by atoms with Gasteiger partial charge in [0.2, 0.25) is 0 Å². The van der Waals surface area contributed by atoms with E-state index in [0.717, 1.165) is 13.2 Å². The van der Waals surface area contributed by atoms with Crippen LogP contribution in [0.1, 0.15) is 58.8 Å². The van der Waals surface area contributed by atoms with Gasteiger partial charge in [-0.1, -0.05) is 12.8 Å². The van der Waals surface area contributed by atoms with E-state index < -0.39 is 0 Å². The number of ether oxygens (including phenoxy) is 2. The summed E-state index contributed by atoms with van der Waals surface area (Å²) in [5, 5.41) is 3.95. The maximum absolute atomic E-state index is 5.99. The zero-order valence-electron chi connectivity index (χ0n) is 12.5. The van der Waals surface area contributed by atoms with Crippen LogP contribution in [0.15, 0.2) is 0 Å². The average molecular weight is 267 g/mol. The molecule has 19 heavy (non-hydrogen) atoms. The lowest BCUT2D eigenvalue weighted by Gasteiger charge is -2.55. The van der Waals surface area contributed by atoms with Crippen molar-refractivity contribution in [2.75, 3.05) is 13.2 Å². The van der Waals surface area contributed by atoms with Crippen molar-refractivity contribution in [3.05, 3.63) is 0 Å². The molecule has 0 aromatic heterocycles. The molecule has 4 atom stereocenters. The molecule has 110 valence electrons. The minimum Gasteiger partial charge on any atom is -0.378 e. The van der Waals surface area contributed by atoms with Crippen molar-refractivity contribution >= 4 is 0 Å². The highest BCUT2D eigenvalue weighted by atomic mass is 16.5. The third-order valence-electron chi connectivity index (χ3n) is 5.61. The minimum atomic E-state index is 0.425. The van der Waals surface area contributed by atoms with Gasteiger partial charge in [0.1, 0.15) is 0 Å². The van der Waals surface area contributed by atoms with Gasteiger partial charge in [0.05, 0.1) is 12.2 Å². The molecule has 3 aliphatic rings. The molecule has 0 amide bonds. The Labute approximate surface area is 117 Å². The normalized spacial score (nSPS) is 41.4. The molecule has 1 aliphatic heterocycles. The first-order chi connectivity index (χ1) is 9.24. The quantitative estimate of drug-likeness (QED) is 0.849. The van der Waals surface area contributed by atoms with Gasteiger partial charge in [-0.05, 0) is 46.0 Å². The summed E-state index contributed by atoms with van der Waals surface area (Å²) in [6.45, 7) is 6.12. The maximum atomic E-state index is 5.99. The molecule has 4 unspecified atom stereocenters. The first-order valence-electron chi connectivity index (χ1n) is 8.24. The van der Waals surface area contributed by atoms with E-state index in [0.29, 0.717) is 29.7 Å². The van der Waals surface area contributed by atoms with Crippen LogP contribution in [0.25, 0.3) is 0 Å². The highest BCUT2D eigenvalue weighted by molar-refractivity contribution is 5.10. The van der Waals surface area contributed by atoms with Crippen molar-refractivity contribution in [2.45, 2.75) is 83.1 Å². The van der Waals surface area contributed by atoms with Crippen LogP contribution < -0.4 is 5.32 Å². The molecule has 1 saturated heterocycles. The molecule has 0 radical (unpaired) electrons. The summed E-state index contributed by atoms with van der Waals surface area (Å²) < 4.78 is 11.6. The Hall–Kier alpha value is -0.120. The van der Waals surface area contributed by atoms with E-state index in [1.54, 1.807) is 0 Å². The first-order valence-corrected chi connectivity index (χ1v) is 8.24. The predicted octanol–water partition coefficient (Wildman–Crippen LogP) is 2.88. The molecular weight excluding hydrogens is 238 g/mol. The fourth-order valence-corrected chi connectivity index (χ4v) is 4.55. The molecule has 2 saturated carbocycles. The summed E-state index contributed by atoms with van der Waals surface area (Å²) in [7, 11) is 0. The smallest absolute Gasteiger partial charge is 0.0661 e. The van der Waals surface area contributed by atoms with E-state index >= 15 is 0 Å². The number of hydrogen-bond acceptors (Lipinski definition) is 3. The third-order valence-corrected chi connectivity index (χ3v) is 5.61. The van der Waals surface area contributed by atoms with Crippen LogP contribution in [0.2, 0.25) is 0 Å². The molecule has 1 heterocycles. The van der Waals surface area contributed by atoms with Gasteiger partial charge in [-0.2, -0.15) is 0 Å². The van der Waals surface area contributed by atoms with Crippen molar-refractivity contribution in [1.82, 2.24) is 5.32 Å². The molecule has 1 N–H and O–H groups in total. The fourth-order valence-electron chi connectivity index (χ4n) is 4.55. The molecule has 0 bridgehead atoms. The second-order valence-electron chi connectivity index (χ2n) is 6.74. The number of rotatable bonds is 4. The second kappa shape index (κ2) is 5.71. The van der Waals surface area contributed by atoms with Gasteiger partial charge in [0, 0.05) is 30.7 Å². The maximum Gasteiger partial charge on any atom is 0.0661 e. The van der Waals surface area contributed by atoms with Gasteiger partial charge in [-0.15, -0.1) is 0 Å². The molecule has 3 rings (SSSR count). The van der Waals surface area contributed by atoms with Gasteiger partial charge in [0.25, 0.3) is 0 Å². The Morgan fingerprint density at radius 1 is 1.26 bits per heavy atom. The van der Waals surface area contributed by atoms with Gasteiger partial charge in [-0.3, -0.25) is 0 Å². The zero-order chi connectivity index (χ0) is 13.3. The monoisotopic (exact) mass is 267 g/mol. The van der Waals surface area contributed by atoms with Gasteiger partial charge >= 0.3 is 0 Å².